The van der Waals surface area contributed by atoms with Crippen molar-refractivity contribution in [2.75, 3.05) is 26.2 Å². The maximum Gasteiger partial charge on any atom is 0.328 e. The van der Waals surface area contributed by atoms with Crippen molar-refractivity contribution < 1.29 is 4.79 Å². The van der Waals surface area contributed by atoms with Gasteiger partial charge in [0.2, 0.25) is 5.91 Å². The number of carbonyl (C=O) groups excluding carboxylic acids is 1. The van der Waals surface area contributed by atoms with E-state index in [0.29, 0.717) is 30.8 Å². The number of nitrogens with one attached hydrogen (secondary N) is 1. The third kappa shape index (κ3) is 3.42. The second kappa shape index (κ2) is 6.78. The molecule has 0 aliphatic carbocycles. The van der Waals surface area contributed by atoms with Crippen LogP contribution < -0.4 is 11.2 Å². The molecule has 3 aliphatic heterocycles. The molecule has 3 atom stereocenters. The van der Waals surface area contributed by atoms with Gasteiger partial charge in [-0.3, -0.25) is 19.5 Å². The molecule has 4 heterocycles. The lowest BCUT2D eigenvalue weighted by Gasteiger charge is -2.52. The van der Waals surface area contributed by atoms with E-state index in [0.717, 1.165) is 19.6 Å². The molecule has 3 fully saturated rings. The number of H-pyrrole nitrogens is 1. The van der Waals surface area contributed by atoms with Gasteiger partial charge < -0.3 is 9.47 Å². The van der Waals surface area contributed by atoms with Crippen molar-refractivity contribution >= 4 is 5.91 Å². The van der Waals surface area contributed by atoms with Crippen LogP contribution in [0.3, 0.4) is 0 Å². The quantitative estimate of drug-likeness (QED) is 0.852. The summed E-state index contributed by atoms with van der Waals surface area (Å²) in [5.74, 6) is 1.32. The Morgan fingerprint density at radius 3 is 2.92 bits per heavy atom. The Bertz CT molecular complexity index is 755. The fraction of sp³-hybridized carbons (Fsp3) is 0.722. The van der Waals surface area contributed by atoms with Gasteiger partial charge in [-0.1, -0.05) is 6.42 Å². The summed E-state index contributed by atoms with van der Waals surface area (Å²) in [6.45, 7) is 4.37. The summed E-state index contributed by atoms with van der Waals surface area (Å²) in [5.41, 5.74) is -0.859. The zero-order valence-corrected chi connectivity index (χ0v) is 14.5. The highest BCUT2D eigenvalue weighted by Gasteiger charge is 2.42. The average molecular weight is 346 g/mol. The van der Waals surface area contributed by atoms with Gasteiger partial charge in [-0.2, -0.15) is 0 Å². The first-order valence-electron chi connectivity index (χ1n) is 9.42. The monoisotopic (exact) mass is 346 g/mol. The Hall–Kier alpha value is -1.89. The van der Waals surface area contributed by atoms with E-state index in [9.17, 15) is 14.4 Å². The summed E-state index contributed by atoms with van der Waals surface area (Å²) in [6, 6.07) is 1.97. The third-order valence-electron chi connectivity index (χ3n) is 6.09. The van der Waals surface area contributed by atoms with Crippen molar-refractivity contribution in [3.8, 4) is 0 Å². The van der Waals surface area contributed by atoms with Crippen LogP contribution in [0.5, 0.6) is 0 Å². The van der Waals surface area contributed by atoms with E-state index in [-0.39, 0.29) is 5.91 Å². The lowest BCUT2D eigenvalue weighted by molar-refractivity contribution is -0.138. The molecular weight excluding hydrogens is 320 g/mol. The topological polar surface area (TPSA) is 78.4 Å². The van der Waals surface area contributed by atoms with Gasteiger partial charge >= 0.3 is 5.69 Å². The zero-order valence-electron chi connectivity index (χ0n) is 14.5. The zero-order chi connectivity index (χ0) is 17.4. The molecule has 25 heavy (non-hydrogen) atoms. The molecule has 3 aliphatic rings. The summed E-state index contributed by atoms with van der Waals surface area (Å²) in [6.07, 6.45) is 6.91. The molecule has 0 saturated carbocycles. The Kier molecular flexibility index (Phi) is 4.50. The van der Waals surface area contributed by atoms with Crippen molar-refractivity contribution in [3.63, 3.8) is 0 Å². The maximum absolute atomic E-state index is 12.7. The minimum atomic E-state index is -0.450. The smallest absolute Gasteiger partial charge is 0.328 e. The molecule has 7 nitrogen and oxygen atoms in total. The second-order valence-corrected chi connectivity index (χ2v) is 7.77. The number of hydrogen-bond donors (Lipinski definition) is 1. The van der Waals surface area contributed by atoms with Crippen LogP contribution in [-0.2, 0) is 11.3 Å². The van der Waals surface area contributed by atoms with Gasteiger partial charge in [-0.05, 0) is 37.6 Å². The van der Waals surface area contributed by atoms with Crippen molar-refractivity contribution in [3.05, 3.63) is 33.1 Å². The van der Waals surface area contributed by atoms with Gasteiger partial charge in [0, 0.05) is 50.9 Å². The number of piperidine rings is 3. The van der Waals surface area contributed by atoms with Gasteiger partial charge in [0.05, 0.1) is 0 Å². The van der Waals surface area contributed by atoms with Crippen molar-refractivity contribution in [1.29, 1.82) is 0 Å². The first-order valence-corrected chi connectivity index (χ1v) is 9.42. The number of aryl methyl sites for hydroxylation is 1. The first-order chi connectivity index (χ1) is 12.1. The number of carbonyl (C=O) groups is 1. The molecule has 4 rings (SSSR count). The second-order valence-electron chi connectivity index (χ2n) is 7.77. The molecule has 1 amide bonds. The van der Waals surface area contributed by atoms with E-state index in [4.69, 9.17) is 0 Å². The normalized spacial score (nSPS) is 29.3. The van der Waals surface area contributed by atoms with Crippen LogP contribution in [0.1, 0.15) is 32.1 Å². The lowest BCUT2D eigenvalue weighted by atomic mass is 9.76. The van der Waals surface area contributed by atoms with Gasteiger partial charge in [0.1, 0.15) is 0 Å². The summed E-state index contributed by atoms with van der Waals surface area (Å²) < 4.78 is 1.40. The standard InChI is InChI=1S/C18H26N4O3/c23-16-4-7-20(18(25)19-16)8-5-17(24)22-11-13-9-14(12-22)15-3-1-2-6-21(15)10-13/h4,7,13-15H,1-3,5-6,8-12H2,(H,19,23,25)/t13-,14-,15+/m1/s1. The van der Waals surface area contributed by atoms with Gasteiger partial charge in [-0.15, -0.1) is 0 Å². The predicted molar refractivity (Wildman–Crippen MR) is 93.3 cm³/mol. The van der Waals surface area contributed by atoms with Crippen molar-refractivity contribution in [2.24, 2.45) is 11.8 Å². The molecule has 0 spiro atoms. The predicted octanol–water partition coefficient (Wildman–Crippen LogP) is 0.260. The Morgan fingerprint density at radius 2 is 2.08 bits per heavy atom. The Morgan fingerprint density at radius 1 is 1.20 bits per heavy atom. The Labute approximate surface area is 146 Å². The fourth-order valence-corrected chi connectivity index (χ4v) is 4.96. The Balaban J connectivity index is 1.38. The maximum atomic E-state index is 12.7. The molecule has 3 saturated heterocycles. The van der Waals surface area contributed by atoms with E-state index in [1.54, 1.807) is 0 Å². The molecule has 1 N–H and O–H groups in total. The minimum absolute atomic E-state index is 0.122. The van der Waals surface area contributed by atoms with Gasteiger partial charge in [0.25, 0.3) is 5.56 Å². The van der Waals surface area contributed by atoms with E-state index in [2.05, 4.69) is 9.88 Å². The first kappa shape index (κ1) is 16.6. The number of rotatable bonds is 3. The minimum Gasteiger partial charge on any atom is -0.342 e. The third-order valence-corrected chi connectivity index (χ3v) is 6.09. The van der Waals surface area contributed by atoms with E-state index < -0.39 is 11.2 Å². The van der Waals surface area contributed by atoms with Crippen LogP contribution in [0, 0.1) is 11.8 Å². The van der Waals surface area contributed by atoms with Crippen LogP contribution in [0.15, 0.2) is 21.9 Å². The van der Waals surface area contributed by atoms with E-state index in [1.807, 2.05) is 4.90 Å². The highest BCUT2D eigenvalue weighted by Crippen LogP contribution is 2.37. The molecule has 0 aromatic carbocycles. The summed E-state index contributed by atoms with van der Waals surface area (Å²) in [4.78, 5) is 42.4. The largest absolute Gasteiger partial charge is 0.342 e. The lowest BCUT2D eigenvalue weighted by Crippen LogP contribution is -2.59. The van der Waals surface area contributed by atoms with Crippen molar-refractivity contribution in [2.45, 2.75) is 44.7 Å². The highest BCUT2D eigenvalue weighted by atomic mass is 16.2. The summed E-state index contributed by atoms with van der Waals surface area (Å²) in [7, 11) is 0. The number of likely N-dealkylation sites (tertiary alicyclic amines) is 1. The van der Waals surface area contributed by atoms with Crippen LogP contribution in [-0.4, -0.2) is 57.5 Å². The van der Waals surface area contributed by atoms with Gasteiger partial charge in [0.15, 0.2) is 0 Å². The molecule has 1 aromatic heterocycles. The number of aromatic amines is 1. The van der Waals surface area contributed by atoms with Crippen LogP contribution >= 0.6 is 0 Å². The van der Waals surface area contributed by atoms with Gasteiger partial charge in [-0.25, -0.2) is 4.79 Å². The molecule has 136 valence electrons. The molecule has 0 radical (unpaired) electrons. The number of aromatic nitrogens is 2. The molecule has 2 bridgehead atoms. The number of fused-ring (bicyclic) bond motifs is 4. The highest BCUT2D eigenvalue weighted by molar-refractivity contribution is 5.76. The summed E-state index contributed by atoms with van der Waals surface area (Å²) in [5, 5.41) is 0. The van der Waals surface area contributed by atoms with Crippen LogP contribution in [0.25, 0.3) is 0 Å². The molecule has 0 unspecified atom stereocenters. The van der Waals surface area contributed by atoms with Crippen molar-refractivity contribution in [1.82, 2.24) is 19.4 Å². The fourth-order valence-electron chi connectivity index (χ4n) is 4.96. The SMILES string of the molecule is O=C(CCn1ccc(=O)[nH]c1=O)N1C[C@@H]2C[C@H](C1)[C@@H]1CCCCN1C2. The van der Waals surface area contributed by atoms with E-state index in [1.165, 1.54) is 49.1 Å². The molecule has 1 aromatic rings. The summed E-state index contributed by atoms with van der Waals surface area (Å²) >= 11 is 0. The molecule has 7 heteroatoms. The molecular formula is C18H26N4O3. The average Bonchev–Trinajstić information content (AvgIpc) is 2.60. The number of hydrogen-bond acceptors (Lipinski definition) is 4. The van der Waals surface area contributed by atoms with Crippen LogP contribution in [0.2, 0.25) is 0 Å². The van der Waals surface area contributed by atoms with Crippen LogP contribution in [0.4, 0.5) is 0 Å². The van der Waals surface area contributed by atoms with E-state index >= 15 is 0 Å². The number of nitrogens with zero attached hydrogens (tertiary/aromatic N) is 3. The number of amides is 1.